The van der Waals surface area contributed by atoms with E-state index in [1.54, 1.807) is 24.3 Å². The molecule has 0 aromatic heterocycles. The zero-order valence-electron chi connectivity index (χ0n) is 11.5. The Balaban J connectivity index is 1.96. The lowest BCUT2D eigenvalue weighted by molar-refractivity contribution is -0.118. The molecule has 0 heterocycles. The van der Waals surface area contributed by atoms with Crippen molar-refractivity contribution in [3.8, 4) is 5.75 Å². The van der Waals surface area contributed by atoms with Gasteiger partial charge in [0.15, 0.2) is 6.61 Å². The van der Waals surface area contributed by atoms with E-state index in [0.717, 1.165) is 22.1 Å². The van der Waals surface area contributed by atoms with Crippen LogP contribution in [0.3, 0.4) is 0 Å². The van der Waals surface area contributed by atoms with E-state index in [1.807, 2.05) is 25.1 Å². The Hall–Kier alpha value is -1.52. The van der Waals surface area contributed by atoms with Crippen LogP contribution in [0.5, 0.6) is 5.75 Å². The first-order valence-corrected chi connectivity index (χ1v) is 7.72. The van der Waals surface area contributed by atoms with Crippen LogP contribution in [0, 0.1) is 0 Å². The van der Waals surface area contributed by atoms with Crippen LogP contribution in [0.2, 0.25) is 5.02 Å². The number of halogens is 2. The number of hydrogen-bond acceptors (Lipinski definition) is 2. The second-order valence-electron chi connectivity index (χ2n) is 4.45. The smallest absolute Gasteiger partial charge is 0.262 e. The summed E-state index contributed by atoms with van der Waals surface area (Å²) in [6, 6.07) is 12.7. The SMILES string of the molecule is CCc1cc(Br)ccc1NC(=O)COc1cccc(Cl)c1. The molecule has 2 rings (SSSR count). The summed E-state index contributed by atoms with van der Waals surface area (Å²) in [5.41, 5.74) is 1.88. The average molecular weight is 369 g/mol. The first kappa shape index (κ1) is 15.9. The van der Waals surface area contributed by atoms with Crippen molar-refractivity contribution in [3.63, 3.8) is 0 Å². The van der Waals surface area contributed by atoms with Gasteiger partial charge in [-0.15, -0.1) is 0 Å². The Kier molecular flexibility index (Phi) is 5.65. The fourth-order valence-electron chi connectivity index (χ4n) is 1.87. The Labute approximate surface area is 137 Å². The molecule has 5 heteroatoms. The first-order valence-electron chi connectivity index (χ1n) is 6.55. The monoisotopic (exact) mass is 367 g/mol. The van der Waals surface area contributed by atoms with Crippen LogP contribution in [0.25, 0.3) is 0 Å². The molecule has 2 aromatic carbocycles. The van der Waals surface area contributed by atoms with E-state index in [2.05, 4.69) is 21.2 Å². The van der Waals surface area contributed by atoms with E-state index >= 15 is 0 Å². The maximum absolute atomic E-state index is 11.9. The highest BCUT2D eigenvalue weighted by molar-refractivity contribution is 9.10. The normalized spacial score (nSPS) is 10.2. The number of nitrogens with one attached hydrogen (secondary N) is 1. The summed E-state index contributed by atoms with van der Waals surface area (Å²) in [4.78, 5) is 11.9. The molecule has 1 amide bonds. The number of ether oxygens (including phenoxy) is 1. The third-order valence-electron chi connectivity index (χ3n) is 2.89. The molecule has 0 spiro atoms. The first-order chi connectivity index (χ1) is 10.1. The Morgan fingerprint density at radius 1 is 1.29 bits per heavy atom. The van der Waals surface area contributed by atoms with Gasteiger partial charge >= 0.3 is 0 Å². The van der Waals surface area contributed by atoms with Crippen molar-refractivity contribution in [2.45, 2.75) is 13.3 Å². The molecule has 0 radical (unpaired) electrons. The van der Waals surface area contributed by atoms with Gasteiger partial charge in [-0.05, 0) is 48.4 Å². The van der Waals surface area contributed by atoms with Crippen molar-refractivity contribution in [1.29, 1.82) is 0 Å². The molecule has 0 unspecified atom stereocenters. The summed E-state index contributed by atoms with van der Waals surface area (Å²) in [6.45, 7) is 1.99. The number of carbonyl (C=O) groups is 1. The molecular weight excluding hydrogens is 354 g/mol. The van der Waals surface area contributed by atoms with Crippen LogP contribution < -0.4 is 10.1 Å². The average Bonchev–Trinajstić information content (AvgIpc) is 2.47. The molecule has 1 N–H and O–H groups in total. The number of anilines is 1. The van der Waals surface area contributed by atoms with Crippen molar-refractivity contribution >= 4 is 39.1 Å². The van der Waals surface area contributed by atoms with Gasteiger partial charge in [0, 0.05) is 15.2 Å². The van der Waals surface area contributed by atoms with Gasteiger partial charge in [0.2, 0.25) is 0 Å². The summed E-state index contributed by atoms with van der Waals surface area (Å²) in [6.07, 6.45) is 0.838. The van der Waals surface area contributed by atoms with Gasteiger partial charge in [-0.25, -0.2) is 0 Å². The molecule has 3 nitrogen and oxygen atoms in total. The number of benzene rings is 2. The minimum Gasteiger partial charge on any atom is -0.484 e. The second kappa shape index (κ2) is 7.48. The Morgan fingerprint density at radius 3 is 2.81 bits per heavy atom. The molecule has 0 aliphatic heterocycles. The quantitative estimate of drug-likeness (QED) is 0.832. The largest absolute Gasteiger partial charge is 0.484 e. The van der Waals surface area contributed by atoms with E-state index in [1.165, 1.54) is 0 Å². The van der Waals surface area contributed by atoms with Gasteiger partial charge in [0.25, 0.3) is 5.91 Å². The summed E-state index contributed by atoms with van der Waals surface area (Å²) in [7, 11) is 0. The fraction of sp³-hybridized carbons (Fsp3) is 0.188. The molecule has 0 aliphatic carbocycles. The van der Waals surface area contributed by atoms with E-state index in [4.69, 9.17) is 16.3 Å². The van der Waals surface area contributed by atoms with Gasteiger partial charge < -0.3 is 10.1 Å². The third-order valence-corrected chi connectivity index (χ3v) is 3.62. The molecule has 2 aromatic rings. The van der Waals surface area contributed by atoms with Gasteiger partial charge in [-0.1, -0.05) is 40.5 Å². The molecule has 21 heavy (non-hydrogen) atoms. The summed E-state index contributed by atoms with van der Waals surface area (Å²) in [5, 5.41) is 3.43. The lowest BCUT2D eigenvalue weighted by atomic mass is 10.1. The van der Waals surface area contributed by atoms with Crippen molar-refractivity contribution < 1.29 is 9.53 Å². The van der Waals surface area contributed by atoms with Gasteiger partial charge in [-0.2, -0.15) is 0 Å². The highest BCUT2D eigenvalue weighted by Crippen LogP contribution is 2.22. The molecular formula is C16H15BrClNO2. The second-order valence-corrected chi connectivity index (χ2v) is 5.80. The van der Waals surface area contributed by atoms with Crippen LogP contribution in [0.15, 0.2) is 46.9 Å². The summed E-state index contributed by atoms with van der Waals surface area (Å²) >= 11 is 9.28. The molecule has 0 bridgehead atoms. The molecule has 0 atom stereocenters. The number of carbonyl (C=O) groups excluding carboxylic acids is 1. The van der Waals surface area contributed by atoms with Crippen molar-refractivity contribution in [2.24, 2.45) is 0 Å². The maximum atomic E-state index is 11.9. The van der Waals surface area contributed by atoms with Gasteiger partial charge in [-0.3, -0.25) is 4.79 Å². The topological polar surface area (TPSA) is 38.3 Å². The minimum atomic E-state index is -0.202. The molecule has 0 fully saturated rings. The van der Waals surface area contributed by atoms with Gasteiger partial charge in [0.1, 0.15) is 5.75 Å². The van der Waals surface area contributed by atoms with E-state index in [0.29, 0.717) is 10.8 Å². The number of rotatable bonds is 5. The highest BCUT2D eigenvalue weighted by atomic mass is 79.9. The standard InChI is InChI=1S/C16H15BrClNO2/c1-2-11-8-12(17)6-7-15(11)19-16(20)10-21-14-5-3-4-13(18)9-14/h3-9H,2,10H2,1H3,(H,19,20). The molecule has 0 aliphatic rings. The minimum absolute atomic E-state index is 0.0560. The van der Waals surface area contributed by atoms with E-state index in [-0.39, 0.29) is 12.5 Å². The highest BCUT2D eigenvalue weighted by Gasteiger charge is 2.07. The molecule has 110 valence electrons. The van der Waals surface area contributed by atoms with Gasteiger partial charge in [0.05, 0.1) is 0 Å². The summed E-state index contributed by atoms with van der Waals surface area (Å²) in [5.74, 6) is 0.371. The Morgan fingerprint density at radius 2 is 2.10 bits per heavy atom. The zero-order valence-corrected chi connectivity index (χ0v) is 13.9. The van der Waals surface area contributed by atoms with Crippen LogP contribution >= 0.6 is 27.5 Å². The van der Waals surface area contributed by atoms with Crippen LogP contribution in [0.1, 0.15) is 12.5 Å². The lowest BCUT2D eigenvalue weighted by Gasteiger charge is -2.11. The number of hydrogen-bond donors (Lipinski definition) is 1. The Bertz CT molecular complexity index is 646. The van der Waals surface area contributed by atoms with Crippen molar-refractivity contribution in [1.82, 2.24) is 0 Å². The van der Waals surface area contributed by atoms with Crippen LogP contribution in [0.4, 0.5) is 5.69 Å². The fourth-order valence-corrected chi connectivity index (χ4v) is 2.46. The van der Waals surface area contributed by atoms with E-state index < -0.39 is 0 Å². The van der Waals surface area contributed by atoms with Crippen LogP contribution in [-0.4, -0.2) is 12.5 Å². The van der Waals surface area contributed by atoms with Crippen LogP contribution in [-0.2, 0) is 11.2 Å². The molecule has 0 saturated heterocycles. The zero-order chi connectivity index (χ0) is 15.2. The number of amides is 1. The van der Waals surface area contributed by atoms with Crippen molar-refractivity contribution in [3.05, 3.63) is 57.5 Å². The van der Waals surface area contributed by atoms with Crippen molar-refractivity contribution in [2.75, 3.05) is 11.9 Å². The summed E-state index contributed by atoms with van der Waals surface area (Å²) < 4.78 is 6.41. The van der Waals surface area contributed by atoms with E-state index in [9.17, 15) is 4.79 Å². The predicted octanol–water partition coefficient (Wildman–Crippen LogP) is 4.68. The lowest BCUT2D eigenvalue weighted by Crippen LogP contribution is -2.20. The molecule has 0 saturated carbocycles. The third kappa shape index (κ3) is 4.76. The maximum Gasteiger partial charge on any atom is 0.262 e. The predicted molar refractivity (Wildman–Crippen MR) is 89.1 cm³/mol. The number of aryl methyl sites for hydroxylation is 1.